The van der Waals surface area contributed by atoms with Gasteiger partial charge in [0.25, 0.3) is 5.91 Å². The van der Waals surface area contributed by atoms with E-state index >= 15 is 0 Å². The molecule has 6 heteroatoms. The van der Waals surface area contributed by atoms with Gasteiger partial charge in [-0.05, 0) is 36.8 Å². The number of benzene rings is 2. The van der Waals surface area contributed by atoms with Crippen molar-refractivity contribution >= 4 is 28.7 Å². The number of amides is 1. The Morgan fingerprint density at radius 3 is 2.90 bits per heavy atom. The second-order valence-corrected chi connectivity index (χ2v) is 4.86. The summed E-state index contributed by atoms with van der Waals surface area (Å²) in [4.78, 5) is 11.3. The van der Waals surface area contributed by atoms with Gasteiger partial charge in [-0.25, -0.2) is 4.39 Å². The maximum absolute atomic E-state index is 13.3. The molecule has 1 aliphatic heterocycles. The van der Waals surface area contributed by atoms with E-state index in [-0.39, 0.29) is 18.3 Å². The molecule has 21 heavy (non-hydrogen) atoms. The van der Waals surface area contributed by atoms with Crippen LogP contribution in [0.3, 0.4) is 0 Å². The molecule has 2 aromatic rings. The first-order chi connectivity index (χ1) is 10.0. The molecule has 5 nitrogen and oxygen atoms in total. The Labute approximate surface area is 120 Å². The molecule has 0 saturated heterocycles. The number of hydrogen-bond donors (Lipinski definition) is 3. The van der Waals surface area contributed by atoms with Crippen LogP contribution in [0.25, 0.3) is 0 Å². The lowest BCUT2D eigenvalue weighted by molar-refractivity contribution is -0.118. The van der Waals surface area contributed by atoms with Gasteiger partial charge in [-0.15, -0.1) is 0 Å². The van der Waals surface area contributed by atoms with Crippen molar-refractivity contribution < 1.29 is 13.9 Å². The number of halogens is 1. The van der Waals surface area contributed by atoms with Gasteiger partial charge in [-0.1, -0.05) is 0 Å². The molecular formula is C15H14FN3O2. The van der Waals surface area contributed by atoms with Gasteiger partial charge in [0.15, 0.2) is 6.61 Å². The van der Waals surface area contributed by atoms with Crippen LogP contribution in [-0.4, -0.2) is 12.5 Å². The minimum Gasteiger partial charge on any atom is -0.482 e. The number of aryl methyl sites for hydroxylation is 1. The van der Waals surface area contributed by atoms with Crippen molar-refractivity contribution in [2.24, 2.45) is 0 Å². The third-order valence-electron chi connectivity index (χ3n) is 3.22. The minimum atomic E-state index is -0.264. The van der Waals surface area contributed by atoms with Crippen molar-refractivity contribution in [2.75, 3.05) is 23.0 Å². The molecule has 108 valence electrons. The van der Waals surface area contributed by atoms with Gasteiger partial charge in [0.2, 0.25) is 0 Å². The molecule has 0 spiro atoms. The Balaban J connectivity index is 1.93. The van der Waals surface area contributed by atoms with Crippen molar-refractivity contribution in [3.8, 4) is 5.75 Å². The summed E-state index contributed by atoms with van der Waals surface area (Å²) in [6.45, 7) is 1.67. The van der Waals surface area contributed by atoms with Crippen LogP contribution in [0.4, 0.5) is 27.1 Å². The maximum Gasteiger partial charge on any atom is 0.262 e. The molecule has 0 radical (unpaired) electrons. The number of nitrogen functional groups attached to an aromatic ring is 1. The lowest BCUT2D eigenvalue weighted by atomic mass is 10.1. The van der Waals surface area contributed by atoms with Crippen LogP contribution in [0, 0.1) is 12.7 Å². The topological polar surface area (TPSA) is 76.4 Å². The van der Waals surface area contributed by atoms with Crippen LogP contribution in [0.1, 0.15) is 5.56 Å². The zero-order valence-corrected chi connectivity index (χ0v) is 11.4. The van der Waals surface area contributed by atoms with E-state index in [4.69, 9.17) is 10.5 Å². The first-order valence-corrected chi connectivity index (χ1v) is 6.42. The zero-order valence-electron chi connectivity index (χ0n) is 11.4. The number of carbonyl (C=O) groups is 1. The van der Waals surface area contributed by atoms with E-state index in [1.807, 2.05) is 0 Å². The molecule has 0 unspecified atom stereocenters. The number of carbonyl (C=O) groups excluding carboxylic acids is 1. The summed E-state index contributed by atoms with van der Waals surface area (Å²) in [5.74, 6) is 0.0587. The first-order valence-electron chi connectivity index (χ1n) is 6.42. The zero-order chi connectivity index (χ0) is 15.0. The highest BCUT2D eigenvalue weighted by atomic mass is 19.1. The fraction of sp³-hybridized carbons (Fsp3) is 0.133. The molecule has 1 heterocycles. The molecular weight excluding hydrogens is 273 g/mol. The Morgan fingerprint density at radius 2 is 2.14 bits per heavy atom. The van der Waals surface area contributed by atoms with Gasteiger partial charge >= 0.3 is 0 Å². The van der Waals surface area contributed by atoms with Gasteiger partial charge < -0.3 is 21.1 Å². The Kier molecular flexibility index (Phi) is 3.13. The molecule has 0 saturated carbocycles. The van der Waals surface area contributed by atoms with Crippen molar-refractivity contribution in [1.82, 2.24) is 0 Å². The summed E-state index contributed by atoms with van der Waals surface area (Å²) in [5, 5.41) is 5.82. The summed E-state index contributed by atoms with van der Waals surface area (Å²) in [6, 6.07) is 8.03. The number of rotatable bonds is 2. The fourth-order valence-corrected chi connectivity index (χ4v) is 2.13. The van der Waals surface area contributed by atoms with Crippen molar-refractivity contribution in [3.63, 3.8) is 0 Å². The molecule has 0 fully saturated rings. The van der Waals surface area contributed by atoms with E-state index in [2.05, 4.69) is 10.6 Å². The number of hydrogen-bond acceptors (Lipinski definition) is 4. The molecule has 1 amide bonds. The molecule has 2 aromatic carbocycles. The second-order valence-electron chi connectivity index (χ2n) is 4.86. The average molecular weight is 287 g/mol. The van der Waals surface area contributed by atoms with E-state index in [0.29, 0.717) is 34.1 Å². The van der Waals surface area contributed by atoms with E-state index in [0.717, 1.165) is 0 Å². The largest absolute Gasteiger partial charge is 0.482 e. The standard InChI is InChI=1S/C15H14FN3O2/c1-8-4-9(2-3-10(8)16)18-12-6-13-14(5-11(12)17)21-7-15(20)19-13/h2-6,18H,7,17H2,1H3,(H,19,20). The Hall–Kier alpha value is -2.76. The van der Waals surface area contributed by atoms with E-state index in [9.17, 15) is 9.18 Å². The Bertz CT molecular complexity index is 731. The molecule has 4 N–H and O–H groups in total. The first kappa shape index (κ1) is 13.2. The molecule has 1 aliphatic rings. The summed E-state index contributed by atoms with van der Waals surface area (Å²) < 4.78 is 18.6. The number of nitrogens with one attached hydrogen (secondary N) is 2. The monoisotopic (exact) mass is 287 g/mol. The Morgan fingerprint density at radius 1 is 1.33 bits per heavy atom. The lowest BCUT2D eigenvalue weighted by Crippen LogP contribution is -2.25. The predicted molar refractivity (Wildman–Crippen MR) is 79.4 cm³/mol. The van der Waals surface area contributed by atoms with Crippen LogP contribution in [-0.2, 0) is 4.79 Å². The number of fused-ring (bicyclic) bond motifs is 1. The van der Waals surface area contributed by atoms with E-state index in [1.54, 1.807) is 31.2 Å². The maximum atomic E-state index is 13.3. The number of ether oxygens (including phenoxy) is 1. The van der Waals surface area contributed by atoms with Gasteiger partial charge in [0, 0.05) is 11.8 Å². The predicted octanol–water partition coefficient (Wildman–Crippen LogP) is 2.79. The van der Waals surface area contributed by atoms with Crippen molar-refractivity contribution in [2.45, 2.75) is 6.92 Å². The highest BCUT2D eigenvalue weighted by molar-refractivity contribution is 5.97. The third kappa shape index (κ3) is 2.60. The van der Waals surface area contributed by atoms with Crippen LogP contribution in [0.5, 0.6) is 5.75 Å². The summed E-state index contributed by atoms with van der Waals surface area (Å²) in [6.07, 6.45) is 0. The summed E-state index contributed by atoms with van der Waals surface area (Å²) in [7, 11) is 0. The van der Waals surface area contributed by atoms with Gasteiger partial charge in [-0.2, -0.15) is 0 Å². The molecule has 0 bridgehead atoms. The second kappa shape index (κ2) is 4.97. The average Bonchev–Trinajstić information content (AvgIpc) is 2.44. The van der Waals surface area contributed by atoms with Crippen LogP contribution < -0.4 is 21.1 Å². The molecule has 0 atom stereocenters. The fourth-order valence-electron chi connectivity index (χ4n) is 2.13. The van der Waals surface area contributed by atoms with Crippen LogP contribution in [0.2, 0.25) is 0 Å². The van der Waals surface area contributed by atoms with Crippen molar-refractivity contribution in [1.29, 1.82) is 0 Å². The lowest BCUT2D eigenvalue weighted by Gasteiger charge is -2.20. The van der Waals surface area contributed by atoms with Gasteiger partial charge in [0.05, 0.1) is 17.1 Å². The van der Waals surface area contributed by atoms with Crippen molar-refractivity contribution in [3.05, 3.63) is 41.7 Å². The SMILES string of the molecule is Cc1cc(Nc2cc3c(cc2N)OCC(=O)N3)ccc1F. The highest BCUT2D eigenvalue weighted by Gasteiger charge is 2.18. The minimum absolute atomic E-state index is 0.0175. The summed E-state index contributed by atoms with van der Waals surface area (Å²) >= 11 is 0. The normalized spacial score (nSPS) is 13.1. The quantitative estimate of drug-likeness (QED) is 0.742. The van der Waals surface area contributed by atoms with Gasteiger partial charge in [0.1, 0.15) is 11.6 Å². The van der Waals surface area contributed by atoms with Gasteiger partial charge in [-0.3, -0.25) is 4.79 Å². The number of nitrogens with two attached hydrogens (primary N) is 1. The number of anilines is 4. The highest BCUT2D eigenvalue weighted by Crippen LogP contribution is 2.36. The molecule has 0 aliphatic carbocycles. The van der Waals surface area contributed by atoms with E-state index in [1.165, 1.54) is 6.07 Å². The van der Waals surface area contributed by atoms with E-state index < -0.39 is 0 Å². The molecule has 3 rings (SSSR count). The third-order valence-corrected chi connectivity index (χ3v) is 3.22. The van der Waals surface area contributed by atoms with Crippen LogP contribution >= 0.6 is 0 Å². The smallest absolute Gasteiger partial charge is 0.262 e. The van der Waals surface area contributed by atoms with Crippen LogP contribution in [0.15, 0.2) is 30.3 Å². The summed E-state index contributed by atoms with van der Waals surface area (Å²) in [5.41, 5.74) is 8.86. The molecule has 0 aromatic heterocycles.